The van der Waals surface area contributed by atoms with Crippen LogP contribution in [0.5, 0.6) is 0 Å². The molecule has 0 aromatic carbocycles. The van der Waals surface area contributed by atoms with Gasteiger partial charge in [0.2, 0.25) is 0 Å². The van der Waals surface area contributed by atoms with Crippen molar-refractivity contribution in [2.45, 2.75) is 38.6 Å². The minimum atomic E-state index is 0.719. The van der Waals surface area contributed by atoms with Crippen LogP contribution in [0.1, 0.15) is 32.6 Å². The lowest BCUT2D eigenvalue weighted by molar-refractivity contribution is 0.703. The summed E-state index contributed by atoms with van der Waals surface area (Å²) in [6.07, 6.45) is 6.97. The maximum Gasteiger partial charge on any atom is 0.143 e. The summed E-state index contributed by atoms with van der Waals surface area (Å²) >= 11 is 7.04. The van der Waals surface area contributed by atoms with Gasteiger partial charge >= 0.3 is 0 Å². The minimum Gasteiger partial charge on any atom is -0.353 e. The Bertz CT molecular complexity index is 364. The number of rotatable bonds is 5. The lowest BCUT2D eigenvalue weighted by atomic mass is 10.3. The molecule has 1 aromatic heterocycles. The third kappa shape index (κ3) is 2.98. The average molecular weight is 348 g/mol. The number of pyridine rings is 1. The molecule has 2 rings (SSSR count). The lowest BCUT2D eigenvalue weighted by Crippen LogP contribution is -2.28. The van der Waals surface area contributed by atoms with Crippen LogP contribution in [-0.2, 0) is 0 Å². The molecule has 0 N–H and O–H groups in total. The number of aromatic nitrogens is 1. The Morgan fingerprint density at radius 3 is 2.75 bits per heavy atom. The van der Waals surface area contributed by atoms with Crippen LogP contribution >= 0.6 is 31.9 Å². The van der Waals surface area contributed by atoms with Crippen molar-refractivity contribution in [3.05, 3.63) is 21.2 Å². The van der Waals surface area contributed by atoms with Crippen LogP contribution in [-0.4, -0.2) is 17.6 Å². The van der Waals surface area contributed by atoms with E-state index in [-0.39, 0.29) is 0 Å². The zero-order chi connectivity index (χ0) is 11.5. The Kier molecular flexibility index (Phi) is 4.25. The first-order valence-corrected chi connectivity index (χ1v) is 7.38. The fourth-order valence-electron chi connectivity index (χ4n) is 1.79. The summed E-state index contributed by atoms with van der Waals surface area (Å²) in [5.41, 5.74) is 0. The Balaban J connectivity index is 2.17. The van der Waals surface area contributed by atoms with Gasteiger partial charge in [0.25, 0.3) is 0 Å². The molecule has 0 aliphatic heterocycles. The summed E-state index contributed by atoms with van der Waals surface area (Å²) in [6.45, 7) is 3.35. The summed E-state index contributed by atoms with van der Waals surface area (Å²) in [4.78, 5) is 6.97. The molecule has 16 heavy (non-hydrogen) atoms. The van der Waals surface area contributed by atoms with Gasteiger partial charge in [-0.3, -0.25) is 0 Å². The molecule has 0 spiro atoms. The zero-order valence-corrected chi connectivity index (χ0v) is 12.6. The molecule has 1 fully saturated rings. The second-order valence-corrected chi connectivity index (χ2v) is 6.01. The third-order valence-electron chi connectivity index (χ3n) is 2.80. The van der Waals surface area contributed by atoms with Crippen molar-refractivity contribution < 1.29 is 0 Å². The highest BCUT2D eigenvalue weighted by molar-refractivity contribution is 9.11. The van der Waals surface area contributed by atoms with Crippen molar-refractivity contribution >= 4 is 37.7 Å². The van der Waals surface area contributed by atoms with E-state index in [9.17, 15) is 0 Å². The number of anilines is 1. The highest BCUT2D eigenvalue weighted by Gasteiger charge is 2.30. The van der Waals surface area contributed by atoms with Gasteiger partial charge in [0, 0.05) is 23.3 Å². The fourth-order valence-corrected chi connectivity index (χ4v) is 3.01. The zero-order valence-electron chi connectivity index (χ0n) is 9.42. The molecule has 0 atom stereocenters. The quantitative estimate of drug-likeness (QED) is 0.785. The number of unbranched alkanes of at least 4 members (excludes halogenated alkanes) is 1. The van der Waals surface area contributed by atoms with Gasteiger partial charge in [-0.25, -0.2) is 4.98 Å². The molecule has 88 valence electrons. The van der Waals surface area contributed by atoms with E-state index in [0.29, 0.717) is 0 Å². The predicted octanol–water partition coefficient (Wildman–Crippen LogP) is 4.38. The Labute approximate surface area is 114 Å². The van der Waals surface area contributed by atoms with Gasteiger partial charge in [-0.15, -0.1) is 0 Å². The molecule has 0 unspecified atom stereocenters. The largest absolute Gasteiger partial charge is 0.353 e. The van der Waals surface area contributed by atoms with Crippen molar-refractivity contribution in [2.24, 2.45) is 0 Å². The standard InChI is InChI=1S/C12H16Br2N2/c1-2-3-6-16(10-4-5-10)12-11(14)7-9(13)8-15-12/h7-8,10H,2-6H2,1H3. The molecular formula is C12H16Br2N2. The monoisotopic (exact) mass is 346 g/mol. The van der Waals surface area contributed by atoms with Crippen LogP contribution in [0.3, 0.4) is 0 Å². The van der Waals surface area contributed by atoms with Gasteiger partial charge in [0.1, 0.15) is 5.82 Å². The van der Waals surface area contributed by atoms with E-state index in [4.69, 9.17) is 0 Å². The highest BCUT2D eigenvalue weighted by atomic mass is 79.9. The Morgan fingerprint density at radius 1 is 1.44 bits per heavy atom. The summed E-state index contributed by atoms with van der Waals surface area (Å²) in [7, 11) is 0. The molecule has 4 heteroatoms. The summed E-state index contributed by atoms with van der Waals surface area (Å²) in [5.74, 6) is 1.10. The molecule has 1 saturated carbocycles. The maximum atomic E-state index is 4.52. The van der Waals surface area contributed by atoms with Crippen LogP contribution in [0, 0.1) is 0 Å². The molecular weight excluding hydrogens is 332 g/mol. The van der Waals surface area contributed by atoms with Crippen LogP contribution in [0.15, 0.2) is 21.2 Å². The second-order valence-electron chi connectivity index (χ2n) is 4.24. The number of hydrogen-bond acceptors (Lipinski definition) is 2. The lowest BCUT2D eigenvalue weighted by Gasteiger charge is -2.24. The van der Waals surface area contributed by atoms with E-state index in [0.717, 1.165) is 27.3 Å². The van der Waals surface area contributed by atoms with Crippen LogP contribution < -0.4 is 4.90 Å². The average Bonchev–Trinajstić information content (AvgIpc) is 3.05. The van der Waals surface area contributed by atoms with Gasteiger partial charge in [0.05, 0.1) is 4.47 Å². The van der Waals surface area contributed by atoms with Gasteiger partial charge in [0.15, 0.2) is 0 Å². The van der Waals surface area contributed by atoms with Crippen molar-refractivity contribution in [2.75, 3.05) is 11.4 Å². The molecule has 0 radical (unpaired) electrons. The van der Waals surface area contributed by atoms with Gasteiger partial charge in [-0.1, -0.05) is 13.3 Å². The smallest absolute Gasteiger partial charge is 0.143 e. The maximum absolute atomic E-state index is 4.52. The Morgan fingerprint density at radius 2 is 2.19 bits per heavy atom. The van der Waals surface area contributed by atoms with E-state index in [2.05, 4.69) is 54.7 Å². The van der Waals surface area contributed by atoms with E-state index in [1.54, 1.807) is 0 Å². The van der Waals surface area contributed by atoms with Crippen LogP contribution in [0.2, 0.25) is 0 Å². The highest BCUT2D eigenvalue weighted by Crippen LogP contribution is 2.35. The van der Waals surface area contributed by atoms with Gasteiger partial charge in [-0.05, 0) is 57.2 Å². The van der Waals surface area contributed by atoms with E-state index >= 15 is 0 Å². The second kappa shape index (κ2) is 5.50. The number of nitrogens with zero attached hydrogens (tertiary/aromatic N) is 2. The molecule has 1 aliphatic rings. The van der Waals surface area contributed by atoms with Crippen molar-refractivity contribution in [1.82, 2.24) is 4.98 Å². The molecule has 1 heterocycles. The van der Waals surface area contributed by atoms with Crippen molar-refractivity contribution in [3.63, 3.8) is 0 Å². The molecule has 2 nitrogen and oxygen atoms in total. The normalized spacial score (nSPS) is 15.2. The SMILES string of the molecule is CCCCN(c1ncc(Br)cc1Br)C1CC1. The van der Waals surface area contributed by atoms with E-state index < -0.39 is 0 Å². The topological polar surface area (TPSA) is 16.1 Å². The minimum absolute atomic E-state index is 0.719. The first-order chi connectivity index (χ1) is 7.72. The Hall–Kier alpha value is -0.0900. The predicted molar refractivity (Wildman–Crippen MR) is 74.9 cm³/mol. The van der Waals surface area contributed by atoms with Crippen molar-refractivity contribution in [3.8, 4) is 0 Å². The molecule has 0 bridgehead atoms. The first-order valence-electron chi connectivity index (χ1n) is 5.80. The van der Waals surface area contributed by atoms with E-state index in [1.165, 1.54) is 25.7 Å². The summed E-state index contributed by atoms with van der Waals surface area (Å²) in [6, 6.07) is 2.79. The number of hydrogen-bond donors (Lipinski definition) is 0. The third-order valence-corrected chi connectivity index (χ3v) is 3.82. The van der Waals surface area contributed by atoms with E-state index in [1.807, 2.05) is 6.20 Å². The summed E-state index contributed by atoms with van der Waals surface area (Å²) in [5, 5.41) is 0. The molecule has 1 aliphatic carbocycles. The molecule has 1 aromatic rings. The van der Waals surface area contributed by atoms with Gasteiger partial charge in [-0.2, -0.15) is 0 Å². The van der Waals surface area contributed by atoms with Crippen molar-refractivity contribution in [1.29, 1.82) is 0 Å². The number of halogens is 2. The van der Waals surface area contributed by atoms with Crippen LogP contribution in [0.25, 0.3) is 0 Å². The fraction of sp³-hybridized carbons (Fsp3) is 0.583. The van der Waals surface area contributed by atoms with Crippen LogP contribution in [0.4, 0.5) is 5.82 Å². The summed E-state index contributed by atoms with van der Waals surface area (Å²) < 4.78 is 2.11. The van der Waals surface area contributed by atoms with Gasteiger partial charge < -0.3 is 4.90 Å². The molecule has 0 saturated heterocycles. The first kappa shape index (κ1) is 12.4. The molecule has 0 amide bonds.